The number of nitrogens with zero attached hydrogens (tertiary/aromatic N) is 3. The molecule has 0 aliphatic carbocycles. The lowest BCUT2D eigenvalue weighted by atomic mass is 10.1. The fraction of sp³-hybridized carbons (Fsp3) is 0.353. The van der Waals surface area contributed by atoms with Gasteiger partial charge in [0.1, 0.15) is 17.3 Å². The molecule has 0 heterocycles. The monoisotopic (exact) mass is 1380 g/mol. The molecule has 0 radical (unpaired) electrons. The number of fused-ring (bicyclic) bond motifs is 1. The van der Waals surface area contributed by atoms with E-state index in [4.69, 9.17) is 0 Å². The molecule has 5 N–H and O–H groups in total. The van der Waals surface area contributed by atoms with Crippen LogP contribution in [-0.4, -0.2) is 89.3 Å². The minimum absolute atomic E-state index is 0.0188. The van der Waals surface area contributed by atoms with E-state index < -0.39 is 0 Å². The Balaban J connectivity index is 0.000000241. The third-order valence-corrected chi connectivity index (χ3v) is 17.1. The van der Waals surface area contributed by atoms with Gasteiger partial charge in [-0.05, 0) is 146 Å². The van der Waals surface area contributed by atoms with Gasteiger partial charge in [-0.1, -0.05) is 180 Å². The average Bonchev–Trinajstić information content (AvgIpc) is 0.830. The SMILES string of the molecule is CC(=O)CCCCCCC(=O)Nc1ccc(CC(=O)N(c2ccccc2)c2ccccc2)cc1.CCC(=O)CCCCCCC(=O)Nc1ccc(CC(=O)N(CCO)c2cccc3ccccc23)cc1.CCC(=O)CCCCCCC(=O)Nc1ccc(CC(=O)N(CCO)c2ccccc2)cc1. The fourth-order valence-corrected chi connectivity index (χ4v) is 11.5. The Kier molecular flexibility index (Phi) is 36.6. The summed E-state index contributed by atoms with van der Waals surface area (Å²) in [6.07, 6.45) is 15.9. The zero-order valence-electron chi connectivity index (χ0n) is 59.6. The van der Waals surface area contributed by atoms with E-state index in [-0.39, 0.29) is 86.8 Å². The van der Waals surface area contributed by atoms with Gasteiger partial charge in [-0.25, -0.2) is 0 Å². The number of benzene rings is 8. The molecule has 0 saturated heterocycles. The molecule has 0 aliphatic heterocycles. The van der Waals surface area contributed by atoms with Crippen LogP contribution in [0.2, 0.25) is 0 Å². The van der Waals surface area contributed by atoms with Crippen LogP contribution in [0.1, 0.15) is 166 Å². The highest BCUT2D eigenvalue weighted by atomic mass is 16.3. The number of aliphatic hydroxyl groups excluding tert-OH is 2. The lowest BCUT2D eigenvalue weighted by Crippen LogP contribution is -2.34. The Hall–Kier alpha value is -10.2. The van der Waals surface area contributed by atoms with E-state index >= 15 is 0 Å². The van der Waals surface area contributed by atoms with Crippen LogP contribution in [0.15, 0.2) is 206 Å². The number of ketones is 3. The van der Waals surface area contributed by atoms with Crippen molar-refractivity contribution in [1.82, 2.24) is 0 Å². The molecule has 0 atom stereocenters. The molecule has 6 amide bonds. The van der Waals surface area contributed by atoms with E-state index in [1.807, 2.05) is 208 Å². The molecule has 17 heteroatoms. The maximum absolute atomic E-state index is 13.2. The van der Waals surface area contributed by atoms with Gasteiger partial charge in [0.25, 0.3) is 0 Å². The van der Waals surface area contributed by atoms with Crippen LogP contribution >= 0.6 is 0 Å². The number of para-hydroxylation sites is 3. The maximum atomic E-state index is 13.2. The minimum atomic E-state index is -0.128. The van der Waals surface area contributed by atoms with Crippen molar-refractivity contribution in [1.29, 1.82) is 0 Å². The summed E-state index contributed by atoms with van der Waals surface area (Å²) in [5.41, 5.74) is 7.87. The third kappa shape index (κ3) is 29.9. The molecule has 0 aromatic heterocycles. The summed E-state index contributed by atoms with van der Waals surface area (Å²) >= 11 is 0. The number of amides is 6. The summed E-state index contributed by atoms with van der Waals surface area (Å²) in [6, 6.07) is 64.2. The number of rotatable bonds is 40. The van der Waals surface area contributed by atoms with Crippen LogP contribution in [0, 0.1) is 0 Å². The van der Waals surface area contributed by atoms with Crippen LogP contribution in [0.3, 0.4) is 0 Å². The molecule has 8 aromatic rings. The molecule has 0 spiro atoms. The second-order valence-corrected chi connectivity index (χ2v) is 25.3. The Morgan fingerprint density at radius 2 is 0.667 bits per heavy atom. The van der Waals surface area contributed by atoms with Crippen molar-refractivity contribution in [2.45, 2.75) is 168 Å². The van der Waals surface area contributed by atoms with E-state index in [0.29, 0.717) is 74.3 Å². The summed E-state index contributed by atoms with van der Waals surface area (Å²) in [7, 11) is 0. The average molecular weight is 1380 g/mol. The molecule has 8 rings (SSSR count). The first-order chi connectivity index (χ1) is 49.6. The molecule has 0 aliphatic rings. The molecule has 0 saturated carbocycles. The number of hydrogen-bond donors (Lipinski definition) is 5. The van der Waals surface area contributed by atoms with Crippen molar-refractivity contribution in [3.8, 4) is 0 Å². The predicted molar refractivity (Wildman–Crippen MR) is 410 cm³/mol. The second kappa shape index (κ2) is 46.2. The first kappa shape index (κ1) is 80.7. The van der Waals surface area contributed by atoms with Gasteiger partial charge >= 0.3 is 0 Å². The van der Waals surface area contributed by atoms with Gasteiger partial charge in [0, 0.05) is 104 Å². The number of hydrogen-bond acceptors (Lipinski definition) is 11. The van der Waals surface area contributed by atoms with Crippen molar-refractivity contribution in [3.05, 3.63) is 223 Å². The Morgan fingerprint density at radius 3 is 1.06 bits per heavy atom. The molecular formula is C85H102N6O11. The van der Waals surface area contributed by atoms with Gasteiger partial charge in [-0.15, -0.1) is 0 Å². The molecule has 17 nitrogen and oxygen atoms in total. The van der Waals surface area contributed by atoms with Crippen LogP contribution in [0.4, 0.5) is 39.8 Å². The molecular weight excluding hydrogens is 1280 g/mol. The van der Waals surface area contributed by atoms with E-state index in [1.165, 1.54) is 0 Å². The summed E-state index contributed by atoms with van der Waals surface area (Å²) in [5, 5.41) is 29.6. The quantitative estimate of drug-likeness (QED) is 0.0226. The van der Waals surface area contributed by atoms with Gasteiger partial charge in [0.15, 0.2) is 0 Å². The number of carbonyl (C=O) groups is 9. The number of Topliss-reactive ketones (excluding diaryl/α,β-unsaturated/α-hetero) is 3. The van der Waals surface area contributed by atoms with E-state index in [0.717, 1.165) is 133 Å². The summed E-state index contributed by atoms with van der Waals surface area (Å²) < 4.78 is 0. The minimum Gasteiger partial charge on any atom is -0.395 e. The van der Waals surface area contributed by atoms with Crippen LogP contribution in [0.25, 0.3) is 10.8 Å². The van der Waals surface area contributed by atoms with Crippen molar-refractivity contribution in [2.75, 3.05) is 57.0 Å². The number of aliphatic hydroxyl groups is 2. The van der Waals surface area contributed by atoms with Crippen LogP contribution in [0.5, 0.6) is 0 Å². The van der Waals surface area contributed by atoms with E-state index in [9.17, 15) is 53.4 Å². The van der Waals surface area contributed by atoms with Gasteiger partial charge < -0.3 is 40.8 Å². The molecule has 8 aromatic carbocycles. The van der Waals surface area contributed by atoms with Crippen molar-refractivity contribution < 1.29 is 53.4 Å². The zero-order valence-corrected chi connectivity index (χ0v) is 59.6. The molecule has 0 fully saturated rings. The van der Waals surface area contributed by atoms with Gasteiger partial charge in [0.2, 0.25) is 35.4 Å². The highest BCUT2D eigenvalue weighted by Gasteiger charge is 2.21. The molecule has 538 valence electrons. The first-order valence-electron chi connectivity index (χ1n) is 36.0. The highest BCUT2D eigenvalue weighted by molar-refractivity contribution is 6.05. The van der Waals surface area contributed by atoms with Crippen molar-refractivity contribution in [3.63, 3.8) is 0 Å². The summed E-state index contributed by atoms with van der Waals surface area (Å²) in [5.74, 6) is 0.511. The van der Waals surface area contributed by atoms with E-state index in [2.05, 4.69) is 16.0 Å². The number of anilines is 7. The first-order valence-corrected chi connectivity index (χ1v) is 36.0. The van der Waals surface area contributed by atoms with Crippen molar-refractivity contribution in [2.24, 2.45) is 0 Å². The van der Waals surface area contributed by atoms with Crippen molar-refractivity contribution >= 4 is 103 Å². The van der Waals surface area contributed by atoms with Gasteiger partial charge in [-0.3, -0.25) is 43.3 Å². The maximum Gasteiger partial charge on any atom is 0.235 e. The molecule has 0 bridgehead atoms. The molecule has 102 heavy (non-hydrogen) atoms. The Bertz CT molecular complexity index is 3820. The smallest absolute Gasteiger partial charge is 0.235 e. The fourth-order valence-electron chi connectivity index (χ4n) is 11.5. The lowest BCUT2D eigenvalue weighted by Gasteiger charge is -2.24. The number of carbonyl (C=O) groups excluding carboxylic acids is 9. The van der Waals surface area contributed by atoms with Crippen LogP contribution in [-0.2, 0) is 62.4 Å². The number of nitrogens with one attached hydrogen (secondary N) is 3. The Labute approximate surface area is 602 Å². The second-order valence-electron chi connectivity index (χ2n) is 25.3. The highest BCUT2D eigenvalue weighted by Crippen LogP contribution is 2.29. The number of unbranched alkanes of at least 4 members (excludes halogenated alkanes) is 9. The van der Waals surface area contributed by atoms with Crippen LogP contribution < -0.4 is 30.7 Å². The standard InChI is InChI=1S/C30H36N2O4.C29H32N2O3.C26H34N2O4/c1-2-26(34)12-5-3-4-6-15-29(35)31-25-18-16-23(17-19-25)22-30(36)32(20-21-33)28-14-9-11-24-10-7-8-13-27(24)28;1-23(32)12-6-2-3-11-17-28(33)30-25-20-18-24(19-21-25)22-29(34)31(26-13-7-4-8-14-26)27-15-9-5-10-16-27;1-2-24(30)12-8-3-4-9-13-25(31)27-22-16-14-21(15-17-22)20-26(32)28(18-19-29)23-10-6-5-7-11-23/h7-11,13-14,16-19,33H,2-6,12,15,20-22H2,1H3,(H,31,35);4-5,7-10,13-16,18-21H,2-3,6,11-12,17,22H2,1H3,(H,30,33);5-7,10-11,14-17,29H,2-4,8-9,12-13,18-20H2,1H3,(H,27,31). The summed E-state index contributed by atoms with van der Waals surface area (Å²) in [6.45, 7) is 5.60. The predicted octanol–water partition coefficient (Wildman–Crippen LogP) is 16.6. The Morgan fingerprint density at radius 1 is 0.333 bits per heavy atom. The largest absolute Gasteiger partial charge is 0.395 e. The summed E-state index contributed by atoms with van der Waals surface area (Å²) in [4.78, 5) is 114. The van der Waals surface area contributed by atoms with E-state index in [1.54, 1.807) is 33.8 Å². The van der Waals surface area contributed by atoms with Gasteiger partial charge in [0.05, 0.1) is 38.2 Å². The third-order valence-electron chi connectivity index (χ3n) is 17.1. The lowest BCUT2D eigenvalue weighted by molar-refractivity contribution is -0.119. The molecule has 0 unspecified atom stereocenters. The normalized spacial score (nSPS) is 10.6. The topological polar surface area (TPSA) is 240 Å². The zero-order chi connectivity index (χ0) is 73.1. The van der Waals surface area contributed by atoms with Gasteiger partial charge in [-0.2, -0.15) is 0 Å².